The zero-order chi connectivity index (χ0) is 12.7. The standard InChI is InChI=1S/C11H9BrN4OS/c12-9-3-7(13)4-16(10(9)17)6-8-5-15-1-2-18-11(15)14-8/h1-5H,6,13H2. The fourth-order valence-corrected chi connectivity index (χ4v) is 2.98. The van der Waals surface area contributed by atoms with Crippen LogP contribution in [0.3, 0.4) is 0 Å². The molecule has 0 aliphatic carbocycles. The van der Waals surface area contributed by atoms with Crippen LogP contribution in [0, 0.1) is 0 Å². The number of nitrogen functional groups attached to an aromatic ring is 1. The third kappa shape index (κ3) is 1.95. The van der Waals surface area contributed by atoms with Crippen molar-refractivity contribution in [2.75, 3.05) is 5.73 Å². The van der Waals surface area contributed by atoms with Crippen LogP contribution in [0.4, 0.5) is 5.69 Å². The number of anilines is 1. The molecule has 18 heavy (non-hydrogen) atoms. The van der Waals surface area contributed by atoms with Gasteiger partial charge in [-0.15, -0.1) is 11.3 Å². The number of fused-ring (bicyclic) bond motifs is 1. The summed E-state index contributed by atoms with van der Waals surface area (Å²) in [5.74, 6) is 0. The first-order chi connectivity index (χ1) is 8.63. The van der Waals surface area contributed by atoms with Crippen molar-refractivity contribution < 1.29 is 0 Å². The molecule has 0 aliphatic rings. The third-order valence-electron chi connectivity index (χ3n) is 2.54. The summed E-state index contributed by atoms with van der Waals surface area (Å²) >= 11 is 4.76. The van der Waals surface area contributed by atoms with Gasteiger partial charge in [-0.2, -0.15) is 0 Å². The summed E-state index contributed by atoms with van der Waals surface area (Å²) in [7, 11) is 0. The zero-order valence-electron chi connectivity index (χ0n) is 9.21. The average Bonchev–Trinajstić information content (AvgIpc) is 2.85. The van der Waals surface area contributed by atoms with E-state index in [0.29, 0.717) is 16.7 Å². The highest BCUT2D eigenvalue weighted by molar-refractivity contribution is 9.10. The summed E-state index contributed by atoms with van der Waals surface area (Å²) in [5, 5.41) is 1.97. The van der Waals surface area contributed by atoms with Crippen molar-refractivity contribution in [3.8, 4) is 0 Å². The van der Waals surface area contributed by atoms with E-state index in [-0.39, 0.29) is 5.56 Å². The molecule has 0 unspecified atom stereocenters. The molecule has 0 aromatic carbocycles. The Kier molecular flexibility index (Phi) is 2.71. The van der Waals surface area contributed by atoms with Crippen molar-refractivity contribution in [2.45, 2.75) is 6.54 Å². The maximum absolute atomic E-state index is 11.9. The van der Waals surface area contributed by atoms with Crippen molar-refractivity contribution in [1.82, 2.24) is 14.0 Å². The molecule has 3 aromatic heterocycles. The predicted octanol–water partition coefficient (Wildman–Crippen LogP) is 1.95. The molecule has 0 aliphatic heterocycles. The topological polar surface area (TPSA) is 65.3 Å². The maximum atomic E-state index is 11.9. The van der Waals surface area contributed by atoms with Gasteiger partial charge in [0.25, 0.3) is 5.56 Å². The maximum Gasteiger partial charge on any atom is 0.265 e. The summed E-state index contributed by atoms with van der Waals surface area (Å²) in [4.78, 5) is 17.3. The van der Waals surface area contributed by atoms with Gasteiger partial charge in [0.1, 0.15) is 0 Å². The van der Waals surface area contributed by atoms with Gasteiger partial charge in [-0.3, -0.25) is 9.20 Å². The third-order valence-corrected chi connectivity index (χ3v) is 3.88. The number of nitrogens with zero attached hydrogens (tertiary/aromatic N) is 3. The number of rotatable bonds is 2. The molecule has 3 heterocycles. The van der Waals surface area contributed by atoms with Gasteiger partial charge >= 0.3 is 0 Å². The molecule has 5 nitrogen and oxygen atoms in total. The van der Waals surface area contributed by atoms with Crippen LogP contribution in [0.2, 0.25) is 0 Å². The highest BCUT2D eigenvalue weighted by Crippen LogP contribution is 2.13. The molecule has 0 atom stereocenters. The lowest BCUT2D eigenvalue weighted by Gasteiger charge is -2.05. The number of nitrogens with two attached hydrogens (primary N) is 1. The fourth-order valence-electron chi connectivity index (χ4n) is 1.77. The minimum atomic E-state index is -0.111. The molecule has 7 heteroatoms. The van der Waals surface area contributed by atoms with Gasteiger partial charge in [0.2, 0.25) is 0 Å². The van der Waals surface area contributed by atoms with E-state index in [2.05, 4.69) is 20.9 Å². The second-order valence-corrected chi connectivity index (χ2v) is 5.61. The molecule has 0 fully saturated rings. The summed E-state index contributed by atoms with van der Waals surface area (Å²) in [6, 6.07) is 1.60. The van der Waals surface area contributed by atoms with E-state index in [4.69, 9.17) is 5.73 Å². The van der Waals surface area contributed by atoms with E-state index in [1.165, 1.54) is 0 Å². The number of hydrogen-bond acceptors (Lipinski definition) is 4. The van der Waals surface area contributed by atoms with Crippen LogP contribution in [0.5, 0.6) is 0 Å². The number of hydrogen-bond donors (Lipinski definition) is 1. The lowest BCUT2D eigenvalue weighted by molar-refractivity contribution is 0.742. The van der Waals surface area contributed by atoms with Crippen molar-refractivity contribution in [3.63, 3.8) is 0 Å². The molecule has 0 spiro atoms. The Morgan fingerprint density at radius 1 is 1.44 bits per heavy atom. The van der Waals surface area contributed by atoms with Crippen LogP contribution in [0.25, 0.3) is 4.96 Å². The highest BCUT2D eigenvalue weighted by Gasteiger charge is 2.07. The largest absolute Gasteiger partial charge is 0.398 e. The molecule has 3 aromatic rings. The summed E-state index contributed by atoms with van der Waals surface area (Å²) in [6.07, 6.45) is 5.48. The highest BCUT2D eigenvalue weighted by atomic mass is 79.9. The van der Waals surface area contributed by atoms with Crippen molar-refractivity contribution in [2.24, 2.45) is 0 Å². The SMILES string of the molecule is Nc1cc(Br)c(=O)n(Cc2cn3ccsc3n2)c1. The summed E-state index contributed by atoms with van der Waals surface area (Å²) in [5.41, 5.74) is 6.99. The van der Waals surface area contributed by atoms with Gasteiger partial charge in [0.05, 0.1) is 16.7 Å². The van der Waals surface area contributed by atoms with Crippen LogP contribution >= 0.6 is 27.3 Å². The summed E-state index contributed by atoms with van der Waals surface area (Å²) < 4.78 is 3.95. The van der Waals surface area contributed by atoms with Gasteiger partial charge in [-0.05, 0) is 22.0 Å². The first kappa shape index (κ1) is 11.5. The molecule has 0 amide bonds. The van der Waals surface area contributed by atoms with Crippen LogP contribution in [-0.4, -0.2) is 14.0 Å². The lowest BCUT2D eigenvalue weighted by atomic mass is 10.4. The van der Waals surface area contributed by atoms with E-state index in [1.807, 2.05) is 22.2 Å². The van der Waals surface area contributed by atoms with Gasteiger partial charge in [-0.25, -0.2) is 4.98 Å². The quantitative estimate of drug-likeness (QED) is 0.783. The van der Waals surface area contributed by atoms with E-state index in [9.17, 15) is 4.79 Å². The first-order valence-corrected chi connectivity index (χ1v) is 6.87. The molecule has 0 saturated heterocycles. The Hall–Kier alpha value is -1.60. The monoisotopic (exact) mass is 324 g/mol. The number of imidazole rings is 1. The zero-order valence-corrected chi connectivity index (χ0v) is 11.6. The molecule has 0 bridgehead atoms. The van der Waals surface area contributed by atoms with Gasteiger partial charge in [0, 0.05) is 29.7 Å². The van der Waals surface area contributed by atoms with Gasteiger partial charge < -0.3 is 10.3 Å². The van der Waals surface area contributed by atoms with Gasteiger partial charge in [-0.1, -0.05) is 0 Å². The second-order valence-electron chi connectivity index (χ2n) is 3.88. The van der Waals surface area contributed by atoms with Crippen molar-refractivity contribution in [1.29, 1.82) is 0 Å². The Morgan fingerprint density at radius 3 is 3.06 bits per heavy atom. The van der Waals surface area contributed by atoms with E-state index in [1.54, 1.807) is 28.2 Å². The van der Waals surface area contributed by atoms with E-state index >= 15 is 0 Å². The molecule has 92 valence electrons. The number of thiazole rings is 1. The molecular weight excluding hydrogens is 316 g/mol. The first-order valence-electron chi connectivity index (χ1n) is 5.20. The Bertz CT molecular complexity index is 744. The Labute approximate surface area is 115 Å². The Morgan fingerprint density at radius 2 is 2.28 bits per heavy atom. The number of pyridine rings is 1. The van der Waals surface area contributed by atoms with Crippen LogP contribution < -0.4 is 11.3 Å². The average molecular weight is 325 g/mol. The van der Waals surface area contributed by atoms with Crippen LogP contribution in [0.1, 0.15) is 5.69 Å². The minimum absolute atomic E-state index is 0.111. The summed E-state index contributed by atoms with van der Waals surface area (Å²) in [6.45, 7) is 0.414. The normalized spacial score (nSPS) is 11.2. The molecular formula is C11H9BrN4OS. The van der Waals surface area contributed by atoms with E-state index in [0.717, 1.165) is 10.7 Å². The van der Waals surface area contributed by atoms with Crippen LogP contribution in [-0.2, 0) is 6.54 Å². The van der Waals surface area contributed by atoms with Crippen molar-refractivity contribution in [3.05, 3.63) is 50.6 Å². The second kappa shape index (κ2) is 4.25. The van der Waals surface area contributed by atoms with Crippen molar-refractivity contribution >= 4 is 37.9 Å². The van der Waals surface area contributed by atoms with Gasteiger partial charge in [0.15, 0.2) is 4.96 Å². The molecule has 2 N–H and O–H groups in total. The smallest absolute Gasteiger partial charge is 0.265 e. The lowest BCUT2D eigenvalue weighted by Crippen LogP contribution is -2.21. The molecule has 0 radical (unpaired) electrons. The predicted molar refractivity (Wildman–Crippen MR) is 75.0 cm³/mol. The van der Waals surface area contributed by atoms with E-state index < -0.39 is 0 Å². The fraction of sp³-hybridized carbons (Fsp3) is 0.0909. The Balaban J connectivity index is 2.02. The number of halogens is 1. The molecule has 0 saturated carbocycles. The minimum Gasteiger partial charge on any atom is -0.398 e. The number of aromatic nitrogens is 3. The van der Waals surface area contributed by atoms with Crippen LogP contribution in [0.15, 0.2) is 39.3 Å². The molecule has 3 rings (SSSR count).